The van der Waals surface area contributed by atoms with Gasteiger partial charge in [0.1, 0.15) is 5.25 Å². The molecule has 7 heteroatoms. The summed E-state index contributed by atoms with van der Waals surface area (Å²) in [4.78, 5) is 16.3. The van der Waals surface area contributed by atoms with Gasteiger partial charge in [0.25, 0.3) is 0 Å². The molecule has 1 aliphatic heterocycles. The van der Waals surface area contributed by atoms with Gasteiger partial charge in [0.05, 0.1) is 12.3 Å². The van der Waals surface area contributed by atoms with Gasteiger partial charge in [-0.25, -0.2) is 0 Å². The molecule has 1 aliphatic rings. The summed E-state index contributed by atoms with van der Waals surface area (Å²) in [5.41, 5.74) is 4.44. The second-order valence-electron chi connectivity index (χ2n) is 6.58. The van der Waals surface area contributed by atoms with Crippen molar-refractivity contribution >= 4 is 17.7 Å². The number of pyridine rings is 1. The largest absolute Gasteiger partial charge is 0.465 e. The van der Waals surface area contributed by atoms with E-state index < -0.39 is 0 Å². The topological polar surface area (TPSA) is 69.9 Å². The first kappa shape index (κ1) is 18.7. The maximum Gasteiger partial charge on any atom is 0.319 e. The first-order valence-electron chi connectivity index (χ1n) is 9.53. The fourth-order valence-corrected chi connectivity index (χ4v) is 4.45. The summed E-state index contributed by atoms with van der Waals surface area (Å²) < 4.78 is 7.23. The van der Waals surface area contributed by atoms with Crippen LogP contribution in [-0.2, 0) is 22.4 Å². The summed E-state index contributed by atoms with van der Waals surface area (Å²) in [6.07, 6.45) is 6.01. The number of esters is 1. The van der Waals surface area contributed by atoms with E-state index in [-0.39, 0.29) is 11.2 Å². The Balaban J connectivity index is 1.91. The molecule has 1 unspecified atom stereocenters. The second-order valence-corrected chi connectivity index (χ2v) is 7.75. The van der Waals surface area contributed by atoms with Crippen LogP contribution in [0.15, 0.2) is 47.9 Å². The summed E-state index contributed by atoms with van der Waals surface area (Å²) >= 11 is 1.43. The van der Waals surface area contributed by atoms with Crippen molar-refractivity contribution in [3.63, 3.8) is 0 Å². The zero-order chi connectivity index (χ0) is 19.5. The van der Waals surface area contributed by atoms with Gasteiger partial charge >= 0.3 is 5.97 Å². The zero-order valence-electron chi connectivity index (χ0n) is 16.0. The fraction of sp³-hybridized carbons (Fsp3) is 0.333. The van der Waals surface area contributed by atoms with Gasteiger partial charge in [-0.2, -0.15) is 0 Å². The highest BCUT2D eigenvalue weighted by Gasteiger charge is 2.31. The molecule has 1 aromatic carbocycles. The van der Waals surface area contributed by atoms with Crippen molar-refractivity contribution in [2.24, 2.45) is 0 Å². The molecule has 0 N–H and O–H groups in total. The van der Waals surface area contributed by atoms with Gasteiger partial charge in [-0.3, -0.25) is 14.3 Å². The van der Waals surface area contributed by atoms with Crippen LogP contribution in [0.5, 0.6) is 0 Å². The van der Waals surface area contributed by atoms with Crippen LogP contribution >= 0.6 is 11.8 Å². The van der Waals surface area contributed by atoms with Crippen molar-refractivity contribution in [2.45, 2.75) is 43.5 Å². The van der Waals surface area contributed by atoms with Crippen LogP contribution < -0.4 is 0 Å². The maximum atomic E-state index is 12.0. The highest BCUT2D eigenvalue weighted by Crippen LogP contribution is 2.35. The number of aryl methyl sites for hydroxylation is 2. The van der Waals surface area contributed by atoms with E-state index in [2.05, 4.69) is 51.8 Å². The molecule has 0 spiro atoms. The molecule has 3 heterocycles. The molecule has 0 aliphatic carbocycles. The van der Waals surface area contributed by atoms with Gasteiger partial charge in [-0.05, 0) is 36.1 Å². The lowest BCUT2D eigenvalue weighted by atomic mass is 10.0. The minimum Gasteiger partial charge on any atom is -0.465 e. The number of thioether (sulfide) groups is 1. The Hall–Kier alpha value is -2.67. The molecule has 2 aromatic heterocycles. The first-order chi connectivity index (χ1) is 13.7. The lowest BCUT2D eigenvalue weighted by molar-refractivity contribution is -0.137. The summed E-state index contributed by atoms with van der Waals surface area (Å²) in [5, 5.41) is 9.40. The monoisotopic (exact) mass is 394 g/mol. The number of cyclic esters (lactones) is 1. The molecule has 144 valence electrons. The third-order valence-electron chi connectivity index (χ3n) is 4.88. The van der Waals surface area contributed by atoms with E-state index in [0.717, 1.165) is 29.9 Å². The Bertz CT molecular complexity index is 965. The summed E-state index contributed by atoms with van der Waals surface area (Å²) in [6.45, 7) is 4.76. The third-order valence-corrected chi connectivity index (χ3v) is 6.06. The zero-order valence-corrected chi connectivity index (χ0v) is 16.8. The quantitative estimate of drug-likeness (QED) is 0.591. The Morgan fingerprint density at radius 2 is 1.93 bits per heavy atom. The predicted molar refractivity (Wildman–Crippen MR) is 109 cm³/mol. The highest BCUT2D eigenvalue weighted by atomic mass is 32.2. The van der Waals surface area contributed by atoms with Crippen LogP contribution in [0, 0.1) is 0 Å². The van der Waals surface area contributed by atoms with Gasteiger partial charge in [-0.15, -0.1) is 10.2 Å². The molecular weight excluding hydrogens is 372 g/mol. The average molecular weight is 395 g/mol. The van der Waals surface area contributed by atoms with Crippen molar-refractivity contribution < 1.29 is 9.53 Å². The van der Waals surface area contributed by atoms with E-state index >= 15 is 0 Å². The van der Waals surface area contributed by atoms with E-state index in [4.69, 9.17) is 4.74 Å². The smallest absolute Gasteiger partial charge is 0.319 e. The molecule has 4 rings (SSSR count). The van der Waals surface area contributed by atoms with E-state index in [1.807, 2.05) is 12.1 Å². The Labute approximate surface area is 168 Å². The Kier molecular flexibility index (Phi) is 5.43. The number of benzene rings is 1. The first-order valence-corrected chi connectivity index (χ1v) is 10.4. The van der Waals surface area contributed by atoms with Gasteiger partial charge in [0, 0.05) is 24.4 Å². The maximum absolute atomic E-state index is 12.0. The van der Waals surface area contributed by atoms with Crippen LogP contribution in [-0.4, -0.2) is 37.6 Å². The number of carbonyl (C=O) groups excluding carboxylic acids is 1. The van der Waals surface area contributed by atoms with Crippen molar-refractivity contribution in [1.29, 1.82) is 0 Å². The van der Waals surface area contributed by atoms with Crippen LogP contribution in [0.3, 0.4) is 0 Å². The molecule has 0 saturated carbocycles. The average Bonchev–Trinajstić information content (AvgIpc) is 3.34. The molecule has 1 atom stereocenters. The van der Waals surface area contributed by atoms with Gasteiger partial charge in [0.2, 0.25) is 0 Å². The minimum atomic E-state index is -0.247. The van der Waals surface area contributed by atoms with E-state index in [1.165, 1.54) is 22.9 Å². The number of hydrogen-bond donors (Lipinski definition) is 0. The second kappa shape index (κ2) is 8.14. The number of ether oxygens (including phenoxy) is 1. The van der Waals surface area contributed by atoms with Crippen molar-refractivity contribution in [1.82, 2.24) is 19.7 Å². The number of rotatable bonds is 6. The summed E-state index contributed by atoms with van der Waals surface area (Å²) in [7, 11) is 0. The standard InChI is InChI=1S/C21H22N4O2S/c1-3-14-7-5-8-15(4-2)18(14)25-19(16-9-6-11-22-13-16)23-24-21(25)28-17-10-12-27-20(17)26/h5-9,11,13,17H,3-4,10,12H2,1-2H3. The molecule has 0 bridgehead atoms. The molecule has 0 radical (unpaired) electrons. The van der Waals surface area contributed by atoms with Crippen molar-refractivity contribution in [3.8, 4) is 17.1 Å². The number of aromatic nitrogens is 4. The lowest BCUT2D eigenvalue weighted by Crippen LogP contribution is -2.12. The van der Waals surface area contributed by atoms with Crippen molar-refractivity contribution in [3.05, 3.63) is 53.9 Å². The van der Waals surface area contributed by atoms with Gasteiger partial charge in [0.15, 0.2) is 11.0 Å². The fourth-order valence-electron chi connectivity index (χ4n) is 3.44. The van der Waals surface area contributed by atoms with E-state index in [9.17, 15) is 4.79 Å². The molecule has 28 heavy (non-hydrogen) atoms. The van der Waals surface area contributed by atoms with Crippen LogP contribution in [0.4, 0.5) is 0 Å². The predicted octanol–water partition coefficient (Wildman–Crippen LogP) is 3.86. The Morgan fingerprint density at radius 1 is 1.14 bits per heavy atom. The lowest BCUT2D eigenvalue weighted by Gasteiger charge is -2.18. The van der Waals surface area contributed by atoms with Gasteiger partial charge in [-0.1, -0.05) is 43.8 Å². The highest BCUT2D eigenvalue weighted by molar-refractivity contribution is 8.00. The molecule has 1 saturated heterocycles. The SMILES string of the molecule is CCc1cccc(CC)c1-n1c(SC2CCOC2=O)nnc1-c1cccnc1. The molecule has 1 fully saturated rings. The van der Waals surface area contributed by atoms with Crippen LogP contribution in [0.2, 0.25) is 0 Å². The Morgan fingerprint density at radius 3 is 2.54 bits per heavy atom. The van der Waals surface area contributed by atoms with Crippen LogP contribution in [0.25, 0.3) is 17.1 Å². The van der Waals surface area contributed by atoms with E-state index in [1.54, 1.807) is 12.4 Å². The summed E-state index contributed by atoms with van der Waals surface area (Å²) in [6, 6.07) is 10.2. The molecule has 6 nitrogen and oxygen atoms in total. The normalized spacial score (nSPS) is 16.4. The molecule has 0 amide bonds. The number of nitrogens with zero attached hydrogens (tertiary/aromatic N) is 4. The molecule has 3 aromatic rings. The molecular formula is C21H22N4O2S. The number of hydrogen-bond acceptors (Lipinski definition) is 6. The van der Waals surface area contributed by atoms with Gasteiger partial charge < -0.3 is 4.74 Å². The van der Waals surface area contributed by atoms with E-state index in [0.29, 0.717) is 18.2 Å². The summed E-state index contributed by atoms with van der Waals surface area (Å²) in [5.74, 6) is 0.555. The number of carbonyl (C=O) groups is 1. The van der Waals surface area contributed by atoms with Crippen molar-refractivity contribution in [2.75, 3.05) is 6.61 Å². The number of para-hydroxylation sites is 1. The third kappa shape index (κ3) is 3.42. The van der Waals surface area contributed by atoms with Crippen LogP contribution in [0.1, 0.15) is 31.4 Å². The minimum absolute atomic E-state index is 0.179.